The summed E-state index contributed by atoms with van der Waals surface area (Å²) in [6.45, 7) is 0.244. The maximum atomic E-state index is 11.9. The third-order valence-corrected chi connectivity index (χ3v) is 4.73. The molecule has 0 aliphatic rings. The van der Waals surface area contributed by atoms with Gasteiger partial charge in [-0.15, -0.1) is 0 Å². The number of nitrogens with two attached hydrogens (primary N) is 1. The average molecular weight is 306 g/mol. The molecule has 1 aromatic carbocycles. The number of rotatable bonds is 7. The Morgan fingerprint density at radius 2 is 2.11 bits per heavy atom. The van der Waals surface area contributed by atoms with Crippen molar-refractivity contribution in [3.05, 3.63) is 18.2 Å². The molecule has 0 heterocycles. The molecule has 0 aliphatic carbocycles. The van der Waals surface area contributed by atoms with E-state index < -0.39 is 20.8 Å². The maximum Gasteiger partial charge on any atom is 0.240 e. The minimum absolute atomic E-state index is 0.0865. The third-order valence-electron chi connectivity index (χ3n) is 2.41. The molecule has 0 radical (unpaired) electrons. The molecule has 0 amide bonds. The number of nitrogen functional groups attached to an aromatic ring is 1. The third kappa shape index (κ3) is 4.81. The standard InChI is InChI=1S/C11H18N2O4S2/c1-17-11-5-4-9(8-10(11)12)19(15,16)13-6-3-7-18(2)14/h4-5,8,13H,3,6-7,12H2,1-2H3. The number of nitrogens with one attached hydrogen (secondary N) is 1. The normalized spacial score (nSPS) is 13.2. The molecule has 0 aliphatic heterocycles. The van der Waals surface area contributed by atoms with E-state index in [4.69, 9.17) is 10.5 Å². The molecule has 0 spiro atoms. The zero-order valence-corrected chi connectivity index (χ0v) is 12.5. The molecule has 19 heavy (non-hydrogen) atoms. The van der Waals surface area contributed by atoms with E-state index in [-0.39, 0.29) is 17.1 Å². The van der Waals surface area contributed by atoms with Gasteiger partial charge in [0.2, 0.25) is 10.0 Å². The van der Waals surface area contributed by atoms with E-state index in [0.29, 0.717) is 17.9 Å². The number of anilines is 1. The van der Waals surface area contributed by atoms with Crippen LogP contribution in [-0.2, 0) is 20.8 Å². The van der Waals surface area contributed by atoms with Crippen molar-refractivity contribution in [3.8, 4) is 5.75 Å². The van der Waals surface area contributed by atoms with Crippen LogP contribution < -0.4 is 15.2 Å². The van der Waals surface area contributed by atoms with Gasteiger partial charge in [-0.2, -0.15) is 0 Å². The van der Waals surface area contributed by atoms with E-state index >= 15 is 0 Å². The molecule has 1 aromatic rings. The maximum absolute atomic E-state index is 11.9. The first-order valence-electron chi connectivity index (χ1n) is 5.60. The topological polar surface area (TPSA) is 98.5 Å². The fourth-order valence-corrected chi connectivity index (χ4v) is 3.10. The van der Waals surface area contributed by atoms with E-state index in [1.54, 1.807) is 6.26 Å². The Hall–Kier alpha value is -1.12. The highest BCUT2D eigenvalue weighted by Crippen LogP contribution is 2.24. The zero-order chi connectivity index (χ0) is 14.5. The summed E-state index contributed by atoms with van der Waals surface area (Å²) < 4.78 is 42.1. The van der Waals surface area contributed by atoms with Gasteiger partial charge in [-0.25, -0.2) is 13.1 Å². The van der Waals surface area contributed by atoms with Crippen LogP contribution in [0.1, 0.15) is 6.42 Å². The Morgan fingerprint density at radius 3 is 2.63 bits per heavy atom. The lowest BCUT2D eigenvalue weighted by molar-refractivity contribution is 0.416. The van der Waals surface area contributed by atoms with E-state index in [1.165, 1.54) is 25.3 Å². The van der Waals surface area contributed by atoms with E-state index in [9.17, 15) is 12.6 Å². The minimum Gasteiger partial charge on any atom is -0.495 e. The summed E-state index contributed by atoms with van der Waals surface area (Å²) in [6.07, 6.45) is 2.10. The second-order valence-electron chi connectivity index (χ2n) is 3.93. The number of benzene rings is 1. The summed E-state index contributed by atoms with van der Waals surface area (Å²) in [5.74, 6) is 0.896. The average Bonchev–Trinajstić information content (AvgIpc) is 2.34. The van der Waals surface area contributed by atoms with Gasteiger partial charge >= 0.3 is 0 Å². The Kier molecular flexibility index (Phi) is 5.77. The van der Waals surface area contributed by atoms with Gasteiger partial charge in [0.05, 0.1) is 17.7 Å². The highest BCUT2D eigenvalue weighted by atomic mass is 32.2. The summed E-state index contributed by atoms with van der Waals surface area (Å²) in [5, 5.41) is 0. The van der Waals surface area contributed by atoms with Gasteiger partial charge in [-0.05, 0) is 24.6 Å². The van der Waals surface area contributed by atoms with E-state index in [0.717, 1.165) is 0 Å². The highest BCUT2D eigenvalue weighted by molar-refractivity contribution is 7.89. The number of methoxy groups -OCH3 is 1. The van der Waals surface area contributed by atoms with Crippen LogP contribution in [0, 0.1) is 0 Å². The van der Waals surface area contributed by atoms with Crippen molar-refractivity contribution < 1.29 is 17.4 Å². The van der Waals surface area contributed by atoms with E-state index in [1.807, 2.05) is 0 Å². The Labute approximate surface area is 115 Å². The summed E-state index contributed by atoms with van der Waals surface area (Å²) in [4.78, 5) is 0.0865. The van der Waals surface area contributed by atoms with Gasteiger partial charge in [-0.1, -0.05) is 0 Å². The summed E-state index contributed by atoms with van der Waals surface area (Å²) in [7, 11) is -3.05. The summed E-state index contributed by atoms with van der Waals surface area (Å²) in [5.41, 5.74) is 5.93. The van der Waals surface area contributed by atoms with Crippen LogP contribution in [0.5, 0.6) is 5.75 Å². The quantitative estimate of drug-likeness (QED) is 0.558. The molecule has 0 fully saturated rings. The first kappa shape index (κ1) is 15.9. The first-order valence-corrected chi connectivity index (χ1v) is 8.81. The zero-order valence-electron chi connectivity index (χ0n) is 10.9. The largest absolute Gasteiger partial charge is 0.495 e. The molecule has 0 saturated carbocycles. The molecule has 108 valence electrons. The molecule has 1 rings (SSSR count). The van der Waals surface area contributed by atoms with Crippen LogP contribution in [-0.4, -0.2) is 38.3 Å². The van der Waals surface area contributed by atoms with Gasteiger partial charge in [-0.3, -0.25) is 4.21 Å². The SMILES string of the molecule is COc1ccc(S(=O)(=O)NCCCS(C)=O)cc1N. The molecule has 0 saturated heterocycles. The predicted octanol–water partition coefficient (Wildman–Crippen LogP) is 0.324. The molecule has 8 heteroatoms. The number of ether oxygens (including phenoxy) is 1. The van der Waals surface area contributed by atoms with Gasteiger partial charge < -0.3 is 10.5 Å². The minimum atomic E-state index is -3.59. The van der Waals surface area contributed by atoms with Crippen LogP contribution in [0.15, 0.2) is 23.1 Å². The lowest BCUT2D eigenvalue weighted by Crippen LogP contribution is -2.25. The van der Waals surface area contributed by atoms with Crippen LogP contribution in [0.25, 0.3) is 0 Å². The molecule has 6 nitrogen and oxygen atoms in total. The first-order chi connectivity index (χ1) is 8.86. The summed E-state index contributed by atoms with van der Waals surface area (Å²) in [6, 6.07) is 4.28. The van der Waals surface area contributed by atoms with Crippen molar-refractivity contribution >= 4 is 26.5 Å². The molecule has 1 unspecified atom stereocenters. The number of hydrogen-bond acceptors (Lipinski definition) is 5. The van der Waals surface area contributed by atoms with Gasteiger partial charge in [0.25, 0.3) is 0 Å². The Morgan fingerprint density at radius 1 is 1.42 bits per heavy atom. The monoisotopic (exact) mass is 306 g/mol. The van der Waals surface area contributed by atoms with Crippen LogP contribution in [0.4, 0.5) is 5.69 Å². The molecule has 0 aromatic heterocycles. The van der Waals surface area contributed by atoms with Crippen molar-refractivity contribution in [2.24, 2.45) is 0 Å². The van der Waals surface area contributed by atoms with Crippen molar-refractivity contribution in [1.82, 2.24) is 4.72 Å². The molecular formula is C11H18N2O4S2. The van der Waals surface area contributed by atoms with E-state index in [2.05, 4.69) is 4.72 Å². The second-order valence-corrected chi connectivity index (χ2v) is 7.25. The van der Waals surface area contributed by atoms with Crippen molar-refractivity contribution in [3.63, 3.8) is 0 Å². The lowest BCUT2D eigenvalue weighted by Gasteiger charge is -2.09. The van der Waals surface area contributed by atoms with Crippen LogP contribution in [0.3, 0.4) is 0 Å². The molecule has 1 atom stereocenters. The Balaban J connectivity index is 2.72. The van der Waals surface area contributed by atoms with Crippen molar-refractivity contribution in [2.45, 2.75) is 11.3 Å². The van der Waals surface area contributed by atoms with Crippen molar-refractivity contribution in [1.29, 1.82) is 0 Å². The molecule has 3 N–H and O–H groups in total. The van der Waals surface area contributed by atoms with Gasteiger partial charge in [0.1, 0.15) is 5.75 Å². The van der Waals surface area contributed by atoms with Crippen LogP contribution >= 0.6 is 0 Å². The fourth-order valence-electron chi connectivity index (χ4n) is 1.44. The number of hydrogen-bond donors (Lipinski definition) is 2. The second kappa shape index (κ2) is 6.88. The highest BCUT2D eigenvalue weighted by Gasteiger charge is 2.15. The Bertz CT molecular complexity index is 558. The number of sulfonamides is 1. The van der Waals surface area contributed by atoms with Crippen molar-refractivity contribution in [2.75, 3.05) is 31.4 Å². The molecule has 0 bridgehead atoms. The lowest BCUT2D eigenvalue weighted by atomic mass is 10.3. The molecular weight excluding hydrogens is 288 g/mol. The van der Waals surface area contributed by atoms with Gasteiger partial charge in [0, 0.05) is 29.4 Å². The van der Waals surface area contributed by atoms with Gasteiger partial charge in [0.15, 0.2) is 0 Å². The summed E-state index contributed by atoms with van der Waals surface area (Å²) >= 11 is 0. The smallest absolute Gasteiger partial charge is 0.240 e. The van der Waals surface area contributed by atoms with Crippen LogP contribution in [0.2, 0.25) is 0 Å². The predicted molar refractivity (Wildman–Crippen MR) is 76.1 cm³/mol. The fraction of sp³-hybridized carbons (Fsp3) is 0.455.